The molecular weight excluding hydrogens is 199 g/mol. The Morgan fingerprint density at radius 3 is 2.93 bits per heavy atom. The molecular formula is C10H9FN2O2. The molecule has 0 spiro atoms. The Morgan fingerprint density at radius 1 is 1.40 bits per heavy atom. The molecule has 1 heterocycles. The van der Waals surface area contributed by atoms with Gasteiger partial charge in [0.05, 0.1) is 5.39 Å². The highest BCUT2D eigenvalue weighted by Gasteiger charge is 2.09. The van der Waals surface area contributed by atoms with Crippen LogP contribution in [0.3, 0.4) is 0 Å². The molecule has 4 nitrogen and oxygen atoms in total. The second kappa shape index (κ2) is 3.78. The maximum absolute atomic E-state index is 13.3. The Bertz CT molecular complexity index is 502. The number of aromatic nitrogens is 2. The quantitative estimate of drug-likeness (QED) is 0.814. The molecule has 0 aliphatic heterocycles. The van der Waals surface area contributed by atoms with Gasteiger partial charge in [0.2, 0.25) is 5.88 Å². The number of para-hydroxylation sites is 1. The monoisotopic (exact) mass is 208 g/mol. The molecule has 0 atom stereocenters. The summed E-state index contributed by atoms with van der Waals surface area (Å²) in [7, 11) is 1.48. The minimum atomic E-state index is -0.484. The molecule has 15 heavy (non-hydrogen) atoms. The third-order valence-electron chi connectivity index (χ3n) is 1.98. The van der Waals surface area contributed by atoms with E-state index in [0.29, 0.717) is 5.39 Å². The predicted molar refractivity (Wildman–Crippen MR) is 51.9 cm³/mol. The van der Waals surface area contributed by atoms with Gasteiger partial charge in [-0.1, -0.05) is 6.07 Å². The van der Waals surface area contributed by atoms with Crippen molar-refractivity contribution >= 4 is 10.9 Å². The summed E-state index contributed by atoms with van der Waals surface area (Å²) in [6.07, 6.45) is 0. The molecule has 2 aromatic rings. The molecule has 0 saturated carbocycles. The molecule has 1 N–H and O–H groups in total. The second-order valence-electron chi connectivity index (χ2n) is 3.03. The van der Waals surface area contributed by atoms with E-state index in [9.17, 15) is 9.50 Å². The first-order valence-corrected chi connectivity index (χ1v) is 4.35. The van der Waals surface area contributed by atoms with Crippen LogP contribution < -0.4 is 0 Å². The van der Waals surface area contributed by atoms with Gasteiger partial charge in [0.15, 0.2) is 5.82 Å². The second-order valence-corrected chi connectivity index (χ2v) is 3.03. The van der Waals surface area contributed by atoms with Crippen molar-refractivity contribution in [2.45, 2.75) is 6.61 Å². The number of halogens is 1. The van der Waals surface area contributed by atoms with E-state index in [4.69, 9.17) is 4.74 Å². The minimum absolute atomic E-state index is 0.108. The van der Waals surface area contributed by atoms with Crippen molar-refractivity contribution in [3.63, 3.8) is 0 Å². The van der Waals surface area contributed by atoms with Crippen LogP contribution in [-0.4, -0.2) is 22.2 Å². The van der Waals surface area contributed by atoms with Gasteiger partial charge in [0, 0.05) is 7.11 Å². The van der Waals surface area contributed by atoms with Gasteiger partial charge in [0.1, 0.15) is 17.9 Å². The topological polar surface area (TPSA) is 55.2 Å². The number of rotatable bonds is 2. The van der Waals surface area contributed by atoms with Crippen LogP contribution in [0.25, 0.3) is 10.9 Å². The molecule has 0 amide bonds. The fraction of sp³-hybridized carbons (Fsp3) is 0.200. The van der Waals surface area contributed by atoms with E-state index < -0.39 is 5.82 Å². The summed E-state index contributed by atoms with van der Waals surface area (Å²) < 4.78 is 18.2. The fourth-order valence-electron chi connectivity index (χ4n) is 1.34. The lowest BCUT2D eigenvalue weighted by molar-refractivity contribution is 0.177. The van der Waals surface area contributed by atoms with Crippen molar-refractivity contribution in [3.05, 3.63) is 29.8 Å². The van der Waals surface area contributed by atoms with E-state index in [-0.39, 0.29) is 23.8 Å². The van der Waals surface area contributed by atoms with Crippen LogP contribution in [0.1, 0.15) is 5.82 Å². The zero-order valence-electron chi connectivity index (χ0n) is 8.07. The summed E-state index contributed by atoms with van der Waals surface area (Å²) in [6.45, 7) is 0.137. The smallest absolute Gasteiger partial charge is 0.222 e. The minimum Gasteiger partial charge on any atom is -0.493 e. The van der Waals surface area contributed by atoms with Crippen molar-refractivity contribution in [2.75, 3.05) is 7.11 Å². The number of hydrogen-bond donors (Lipinski definition) is 1. The summed E-state index contributed by atoms with van der Waals surface area (Å²) in [4.78, 5) is 7.74. The van der Waals surface area contributed by atoms with Crippen molar-refractivity contribution < 1.29 is 14.2 Å². The summed E-state index contributed by atoms with van der Waals surface area (Å²) in [5.41, 5.74) is 0.108. The van der Waals surface area contributed by atoms with Gasteiger partial charge < -0.3 is 9.84 Å². The van der Waals surface area contributed by atoms with Gasteiger partial charge >= 0.3 is 0 Å². The van der Waals surface area contributed by atoms with E-state index in [2.05, 4.69) is 9.97 Å². The first kappa shape index (κ1) is 9.79. The molecule has 0 bridgehead atoms. The number of fused-ring (bicyclic) bond motifs is 1. The fourth-order valence-corrected chi connectivity index (χ4v) is 1.34. The first-order chi connectivity index (χ1) is 7.22. The van der Waals surface area contributed by atoms with E-state index in [1.54, 1.807) is 6.07 Å². The summed E-state index contributed by atoms with van der Waals surface area (Å²) in [5.74, 6) is -0.457. The average molecular weight is 208 g/mol. The van der Waals surface area contributed by atoms with E-state index in [1.165, 1.54) is 19.2 Å². The van der Waals surface area contributed by atoms with Crippen LogP contribution in [0.2, 0.25) is 0 Å². The molecule has 2 rings (SSSR count). The SMILES string of the molecule is COCc1nc(O)c2cccc(F)c2n1. The lowest BCUT2D eigenvalue weighted by atomic mass is 10.2. The molecule has 78 valence electrons. The Labute approximate surface area is 85.4 Å². The lowest BCUT2D eigenvalue weighted by Gasteiger charge is -2.03. The largest absolute Gasteiger partial charge is 0.493 e. The van der Waals surface area contributed by atoms with Crippen LogP contribution in [-0.2, 0) is 11.3 Å². The summed E-state index contributed by atoms with van der Waals surface area (Å²) in [6, 6.07) is 4.34. The average Bonchev–Trinajstić information content (AvgIpc) is 2.20. The summed E-state index contributed by atoms with van der Waals surface area (Å²) in [5, 5.41) is 9.83. The molecule has 1 aromatic carbocycles. The van der Waals surface area contributed by atoms with Crippen LogP contribution in [0, 0.1) is 5.82 Å². The standard InChI is InChI=1S/C10H9FN2O2/c1-15-5-8-12-9-6(10(14)13-8)3-2-4-7(9)11/h2-4H,5H2,1H3,(H,12,13,14). The Balaban J connectivity index is 2.68. The highest BCUT2D eigenvalue weighted by molar-refractivity contribution is 5.83. The number of ether oxygens (including phenoxy) is 1. The van der Waals surface area contributed by atoms with E-state index in [0.717, 1.165) is 0 Å². The zero-order chi connectivity index (χ0) is 10.8. The van der Waals surface area contributed by atoms with Gasteiger partial charge in [-0.2, -0.15) is 4.98 Å². The number of nitrogens with zero attached hydrogens (tertiary/aromatic N) is 2. The zero-order valence-corrected chi connectivity index (χ0v) is 8.07. The highest BCUT2D eigenvalue weighted by atomic mass is 19.1. The molecule has 0 fully saturated rings. The third kappa shape index (κ3) is 1.73. The van der Waals surface area contributed by atoms with Crippen molar-refractivity contribution in [3.8, 4) is 5.88 Å². The third-order valence-corrected chi connectivity index (χ3v) is 1.98. The van der Waals surface area contributed by atoms with Crippen LogP contribution in [0.4, 0.5) is 4.39 Å². The Morgan fingerprint density at radius 2 is 2.20 bits per heavy atom. The molecule has 0 saturated heterocycles. The maximum Gasteiger partial charge on any atom is 0.222 e. The summed E-state index contributed by atoms with van der Waals surface area (Å²) >= 11 is 0. The van der Waals surface area contributed by atoms with E-state index >= 15 is 0 Å². The molecule has 1 aromatic heterocycles. The van der Waals surface area contributed by atoms with Gasteiger partial charge in [-0.25, -0.2) is 9.37 Å². The van der Waals surface area contributed by atoms with Crippen molar-refractivity contribution in [2.24, 2.45) is 0 Å². The molecule has 5 heteroatoms. The maximum atomic E-state index is 13.3. The van der Waals surface area contributed by atoms with Crippen molar-refractivity contribution in [1.82, 2.24) is 9.97 Å². The Kier molecular flexibility index (Phi) is 2.47. The van der Waals surface area contributed by atoms with Crippen LogP contribution in [0.15, 0.2) is 18.2 Å². The van der Waals surface area contributed by atoms with Gasteiger partial charge in [-0.3, -0.25) is 0 Å². The van der Waals surface area contributed by atoms with Gasteiger partial charge in [-0.05, 0) is 12.1 Å². The highest BCUT2D eigenvalue weighted by Crippen LogP contribution is 2.23. The molecule has 0 aliphatic carbocycles. The number of benzene rings is 1. The molecule has 0 aliphatic rings. The number of methoxy groups -OCH3 is 1. The lowest BCUT2D eigenvalue weighted by Crippen LogP contribution is -1.98. The van der Waals surface area contributed by atoms with Gasteiger partial charge in [0.25, 0.3) is 0 Å². The normalized spacial score (nSPS) is 10.8. The molecule has 0 radical (unpaired) electrons. The first-order valence-electron chi connectivity index (χ1n) is 4.35. The number of aromatic hydroxyl groups is 1. The van der Waals surface area contributed by atoms with Gasteiger partial charge in [-0.15, -0.1) is 0 Å². The van der Waals surface area contributed by atoms with Crippen LogP contribution >= 0.6 is 0 Å². The molecule has 0 unspecified atom stereocenters. The Hall–Kier alpha value is -1.75. The number of hydrogen-bond acceptors (Lipinski definition) is 4. The van der Waals surface area contributed by atoms with Crippen LogP contribution in [0.5, 0.6) is 5.88 Å². The predicted octanol–water partition coefficient (Wildman–Crippen LogP) is 1.62. The van der Waals surface area contributed by atoms with E-state index in [1.807, 2.05) is 0 Å². The van der Waals surface area contributed by atoms with Crippen molar-refractivity contribution in [1.29, 1.82) is 0 Å².